The normalized spacial score (nSPS) is 19.4. The molecule has 1 unspecified atom stereocenters. The Morgan fingerprint density at radius 2 is 1.69 bits per heavy atom. The number of hydrogen-bond acceptors (Lipinski definition) is 1. The van der Waals surface area contributed by atoms with Crippen LogP contribution in [0.5, 0.6) is 0 Å². The molecule has 0 fully saturated rings. The first-order valence-corrected chi connectivity index (χ1v) is 6.99. The van der Waals surface area contributed by atoms with E-state index in [4.69, 9.17) is 0 Å². The van der Waals surface area contributed by atoms with E-state index in [0.29, 0.717) is 6.04 Å². The number of hydrogen-bond donors (Lipinski definition) is 0. The highest BCUT2D eigenvalue weighted by Crippen LogP contribution is 2.13. The lowest BCUT2D eigenvalue weighted by Gasteiger charge is -2.29. The van der Waals surface area contributed by atoms with Crippen molar-refractivity contribution in [2.45, 2.75) is 64.8 Å². The van der Waals surface area contributed by atoms with E-state index in [-0.39, 0.29) is 0 Å². The molecule has 0 radical (unpaired) electrons. The fourth-order valence-corrected chi connectivity index (χ4v) is 2.26. The first kappa shape index (κ1) is 13.3. The second-order valence-electron chi connectivity index (χ2n) is 4.71. The molecule has 0 aromatic heterocycles. The van der Waals surface area contributed by atoms with Crippen LogP contribution in [0.4, 0.5) is 0 Å². The number of rotatable bonds is 8. The van der Waals surface area contributed by atoms with E-state index in [0.717, 1.165) is 0 Å². The topological polar surface area (TPSA) is 3.24 Å². The summed E-state index contributed by atoms with van der Waals surface area (Å²) in [6, 6.07) is 0.639. The largest absolute Gasteiger partial charge is 0.371 e. The fourth-order valence-electron chi connectivity index (χ4n) is 2.26. The van der Waals surface area contributed by atoms with E-state index in [9.17, 15) is 0 Å². The minimum atomic E-state index is 0.639. The Balaban J connectivity index is 2.07. The second kappa shape index (κ2) is 8.43. The Morgan fingerprint density at radius 1 is 0.938 bits per heavy atom. The van der Waals surface area contributed by atoms with E-state index in [1.54, 1.807) is 0 Å². The van der Waals surface area contributed by atoms with Gasteiger partial charge in [0, 0.05) is 12.6 Å². The van der Waals surface area contributed by atoms with Crippen LogP contribution in [0, 0.1) is 0 Å². The summed E-state index contributed by atoms with van der Waals surface area (Å²) in [6.45, 7) is 5.77. The van der Waals surface area contributed by atoms with E-state index in [2.05, 4.69) is 43.2 Å². The lowest BCUT2D eigenvalue weighted by atomic mass is 10.1. The van der Waals surface area contributed by atoms with Crippen LogP contribution < -0.4 is 0 Å². The number of allylic oxidation sites excluding steroid dienone is 2. The van der Waals surface area contributed by atoms with Gasteiger partial charge in [-0.1, -0.05) is 58.1 Å². The van der Waals surface area contributed by atoms with Crippen LogP contribution in [0.2, 0.25) is 0 Å². The van der Waals surface area contributed by atoms with Gasteiger partial charge in [-0.2, -0.15) is 0 Å². The van der Waals surface area contributed by atoms with Crippen molar-refractivity contribution in [1.29, 1.82) is 0 Å². The summed E-state index contributed by atoms with van der Waals surface area (Å²) >= 11 is 0. The molecule has 92 valence electrons. The molecule has 1 rings (SSSR count). The van der Waals surface area contributed by atoms with Gasteiger partial charge < -0.3 is 4.90 Å². The summed E-state index contributed by atoms with van der Waals surface area (Å²) in [5.41, 5.74) is 0. The summed E-state index contributed by atoms with van der Waals surface area (Å²) in [5, 5.41) is 0. The summed E-state index contributed by atoms with van der Waals surface area (Å²) in [6.07, 6.45) is 18.4. The van der Waals surface area contributed by atoms with Gasteiger partial charge in [0.2, 0.25) is 0 Å². The monoisotopic (exact) mass is 221 g/mol. The molecule has 0 saturated carbocycles. The highest BCUT2D eigenvalue weighted by Gasteiger charge is 2.10. The van der Waals surface area contributed by atoms with E-state index in [1.807, 2.05) is 0 Å². The lowest BCUT2D eigenvalue weighted by Crippen LogP contribution is -2.30. The summed E-state index contributed by atoms with van der Waals surface area (Å²) < 4.78 is 0. The highest BCUT2D eigenvalue weighted by molar-refractivity contribution is 5.12. The average Bonchev–Trinajstić information content (AvgIpc) is 2.34. The van der Waals surface area contributed by atoms with Crippen LogP contribution in [-0.2, 0) is 0 Å². The molecule has 0 spiro atoms. The Morgan fingerprint density at radius 3 is 2.44 bits per heavy atom. The van der Waals surface area contributed by atoms with Crippen molar-refractivity contribution in [3.63, 3.8) is 0 Å². The molecular formula is C15H27N. The van der Waals surface area contributed by atoms with Gasteiger partial charge in [-0.05, 0) is 25.1 Å². The molecule has 0 aromatic carbocycles. The van der Waals surface area contributed by atoms with Crippen molar-refractivity contribution in [2.75, 3.05) is 6.54 Å². The Labute approximate surface area is 101 Å². The van der Waals surface area contributed by atoms with Gasteiger partial charge >= 0.3 is 0 Å². The SMILES string of the molecule is CCCCCCCCN1C=CC=CC1CC. The maximum atomic E-state index is 2.49. The first-order valence-electron chi connectivity index (χ1n) is 6.99. The molecule has 1 heteroatoms. The molecule has 0 aromatic rings. The summed E-state index contributed by atoms with van der Waals surface area (Å²) in [4.78, 5) is 2.49. The quantitative estimate of drug-likeness (QED) is 0.545. The van der Waals surface area contributed by atoms with Gasteiger partial charge in [-0.15, -0.1) is 0 Å². The van der Waals surface area contributed by atoms with Crippen LogP contribution >= 0.6 is 0 Å². The van der Waals surface area contributed by atoms with Gasteiger partial charge in [0.1, 0.15) is 0 Å². The van der Waals surface area contributed by atoms with E-state index >= 15 is 0 Å². The van der Waals surface area contributed by atoms with Crippen molar-refractivity contribution in [1.82, 2.24) is 4.90 Å². The predicted molar refractivity (Wildman–Crippen MR) is 72.4 cm³/mol. The van der Waals surface area contributed by atoms with Gasteiger partial charge in [0.15, 0.2) is 0 Å². The van der Waals surface area contributed by atoms with Crippen molar-refractivity contribution in [3.8, 4) is 0 Å². The molecule has 0 amide bonds. The number of nitrogens with zero attached hydrogens (tertiary/aromatic N) is 1. The molecular weight excluding hydrogens is 194 g/mol. The molecule has 1 atom stereocenters. The molecule has 1 aliphatic rings. The van der Waals surface area contributed by atoms with Crippen molar-refractivity contribution in [2.24, 2.45) is 0 Å². The molecule has 1 aliphatic heterocycles. The molecule has 16 heavy (non-hydrogen) atoms. The van der Waals surface area contributed by atoms with Crippen molar-refractivity contribution >= 4 is 0 Å². The third-order valence-corrected chi connectivity index (χ3v) is 3.34. The number of unbranched alkanes of at least 4 members (excludes halogenated alkanes) is 5. The zero-order valence-corrected chi connectivity index (χ0v) is 11.0. The van der Waals surface area contributed by atoms with Gasteiger partial charge in [0.05, 0.1) is 0 Å². The van der Waals surface area contributed by atoms with Crippen LogP contribution in [0.15, 0.2) is 24.4 Å². The van der Waals surface area contributed by atoms with Gasteiger partial charge in [-0.25, -0.2) is 0 Å². The van der Waals surface area contributed by atoms with Crippen molar-refractivity contribution < 1.29 is 0 Å². The third kappa shape index (κ3) is 4.87. The van der Waals surface area contributed by atoms with Crippen LogP contribution in [0.3, 0.4) is 0 Å². The van der Waals surface area contributed by atoms with Gasteiger partial charge in [-0.3, -0.25) is 0 Å². The lowest BCUT2D eigenvalue weighted by molar-refractivity contribution is 0.300. The maximum Gasteiger partial charge on any atom is 0.0467 e. The van der Waals surface area contributed by atoms with Crippen molar-refractivity contribution in [3.05, 3.63) is 24.4 Å². The summed E-state index contributed by atoms with van der Waals surface area (Å²) in [7, 11) is 0. The van der Waals surface area contributed by atoms with Gasteiger partial charge in [0.25, 0.3) is 0 Å². The zero-order chi connectivity index (χ0) is 11.6. The molecule has 0 saturated heterocycles. The maximum absolute atomic E-state index is 2.49. The Bertz CT molecular complexity index is 217. The molecule has 1 nitrogen and oxygen atoms in total. The molecule has 1 heterocycles. The Hall–Kier alpha value is -0.720. The average molecular weight is 221 g/mol. The van der Waals surface area contributed by atoms with Crippen LogP contribution in [0.25, 0.3) is 0 Å². The summed E-state index contributed by atoms with van der Waals surface area (Å²) in [5.74, 6) is 0. The van der Waals surface area contributed by atoms with Crippen LogP contribution in [-0.4, -0.2) is 17.5 Å². The minimum Gasteiger partial charge on any atom is -0.371 e. The van der Waals surface area contributed by atoms with E-state index in [1.165, 1.54) is 51.5 Å². The van der Waals surface area contributed by atoms with Crippen LogP contribution in [0.1, 0.15) is 58.8 Å². The second-order valence-corrected chi connectivity index (χ2v) is 4.71. The predicted octanol–water partition coefficient (Wildman–Crippen LogP) is 4.51. The fraction of sp³-hybridized carbons (Fsp3) is 0.733. The standard InChI is InChI=1S/C15H27N/c1-3-5-6-7-8-10-13-16-14-11-9-12-15(16)4-2/h9,11-12,14-15H,3-8,10,13H2,1-2H3. The first-order chi connectivity index (χ1) is 7.88. The third-order valence-electron chi connectivity index (χ3n) is 3.34. The smallest absolute Gasteiger partial charge is 0.0467 e. The minimum absolute atomic E-state index is 0.639. The highest BCUT2D eigenvalue weighted by atomic mass is 15.1. The van der Waals surface area contributed by atoms with E-state index < -0.39 is 0 Å². The molecule has 0 bridgehead atoms. The molecule has 0 N–H and O–H groups in total. The molecule has 0 aliphatic carbocycles. The Kier molecular flexibility index (Phi) is 7.03. The zero-order valence-electron chi connectivity index (χ0n) is 11.0.